The molecular weight excluding hydrogens is 254 g/mol. The normalized spacial score (nSPS) is 19.5. The van der Waals surface area contributed by atoms with Gasteiger partial charge in [-0.3, -0.25) is 0 Å². The molecule has 6 heteroatoms. The van der Waals surface area contributed by atoms with Crippen molar-refractivity contribution in [3.05, 3.63) is 23.8 Å². The van der Waals surface area contributed by atoms with Crippen molar-refractivity contribution in [1.29, 1.82) is 0 Å². The number of anilines is 1. The molecule has 0 aromatic heterocycles. The minimum atomic E-state index is -3.50. The average molecular weight is 269 g/mol. The first-order valence-electron chi connectivity index (χ1n) is 5.49. The third-order valence-corrected chi connectivity index (χ3v) is 4.92. The number of methoxy groups -OCH3 is 1. The van der Waals surface area contributed by atoms with Crippen LogP contribution in [0.1, 0.15) is 24.2 Å². The maximum Gasteiger partial charge on any atom is 0.339 e. The van der Waals surface area contributed by atoms with E-state index in [2.05, 4.69) is 10.1 Å². The van der Waals surface area contributed by atoms with Gasteiger partial charge < -0.3 is 10.1 Å². The zero-order valence-corrected chi connectivity index (χ0v) is 11.3. The molecule has 2 rings (SSSR count). The van der Waals surface area contributed by atoms with Crippen LogP contribution in [0.25, 0.3) is 0 Å². The molecule has 0 amide bonds. The zero-order chi connectivity index (χ0) is 13.6. The molecule has 0 unspecified atom stereocenters. The molecule has 18 heavy (non-hydrogen) atoms. The minimum absolute atomic E-state index is 0.0381. The fraction of sp³-hybridized carbons (Fsp3) is 0.417. The maximum absolute atomic E-state index is 12.3. The van der Waals surface area contributed by atoms with Gasteiger partial charge in [0, 0.05) is 5.54 Å². The number of carbonyl (C=O) groups excluding carboxylic acids is 1. The second kappa shape index (κ2) is 3.98. The predicted octanol–water partition coefficient (Wildman–Crippen LogP) is 1.45. The van der Waals surface area contributed by atoms with Crippen molar-refractivity contribution in [2.45, 2.75) is 24.3 Å². The molecule has 1 N–H and O–H groups in total. The number of rotatable bonds is 1. The van der Waals surface area contributed by atoms with Crippen molar-refractivity contribution < 1.29 is 17.9 Å². The van der Waals surface area contributed by atoms with Crippen molar-refractivity contribution in [3.63, 3.8) is 0 Å². The van der Waals surface area contributed by atoms with Crippen LogP contribution in [0.5, 0.6) is 0 Å². The average Bonchev–Trinajstić information content (AvgIpc) is 2.24. The van der Waals surface area contributed by atoms with E-state index in [1.165, 1.54) is 13.2 Å². The molecular formula is C12H15NO4S. The lowest BCUT2D eigenvalue weighted by Gasteiger charge is -2.33. The molecule has 0 saturated carbocycles. The van der Waals surface area contributed by atoms with E-state index in [1.54, 1.807) is 26.0 Å². The van der Waals surface area contributed by atoms with Gasteiger partial charge in [0.1, 0.15) is 4.90 Å². The molecule has 98 valence electrons. The van der Waals surface area contributed by atoms with E-state index >= 15 is 0 Å². The zero-order valence-electron chi connectivity index (χ0n) is 10.5. The van der Waals surface area contributed by atoms with E-state index in [4.69, 9.17) is 0 Å². The second-order valence-electron chi connectivity index (χ2n) is 4.94. The number of ether oxygens (including phenoxy) is 1. The van der Waals surface area contributed by atoms with Gasteiger partial charge >= 0.3 is 5.97 Å². The summed E-state index contributed by atoms with van der Waals surface area (Å²) in [7, 11) is -2.27. The highest BCUT2D eigenvalue weighted by Crippen LogP contribution is 2.35. The van der Waals surface area contributed by atoms with Gasteiger partial charge in [-0.25, -0.2) is 13.2 Å². The van der Waals surface area contributed by atoms with Crippen LogP contribution in [-0.4, -0.2) is 32.8 Å². The summed E-state index contributed by atoms with van der Waals surface area (Å²) >= 11 is 0. The third-order valence-electron chi connectivity index (χ3n) is 2.76. The second-order valence-corrected chi connectivity index (χ2v) is 6.87. The van der Waals surface area contributed by atoms with E-state index in [9.17, 15) is 13.2 Å². The lowest BCUT2D eigenvalue weighted by atomic mass is 10.1. The molecule has 0 fully saturated rings. The molecule has 1 aromatic carbocycles. The summed E-state index contributed by atoms with van der Waals surface area (Å²) in [6.45, 7) is 3.61. The Kier molecular flexibility index (Phi) is 2.85. The standard InChI is InChI=1S/C12H15NO4S/c1-12(2)7-18(15,16)10-8(11(14)17-3)5-4-6-9(10)13-12/h4-6,13H,7H2,1-3H3. The van der Waals surface area contributed by atoms with Crippen molar-refractivity contribution >= 4 is 21.5 Å². The van der Waals surface area contributed by atoms with Crippen molar-refractivity contribution in [2.75, 3.05) is 18.2 Å². The summed E-state index contributed by atoms with van der Waals surface area (Å²) < 4.78 is 29.2. The first-order chi connectivity index (χ1) is 8.27. The van der Waals surface area contributed by atoms with E-state index < -0.39 is 21.3 Å². The first kappa shape index (κ1) is 12.9. The number of nitrogens with one attached hydrogen (secondary N) is 1. The highest BCUT2D eigenvalue weighted by atomic mass is 32.2. The van der Waals surface area contributed by atoms with Crippen LogP contribution in [0, 0.1) is 0 Å². The van der Waals surface area contributed by atoms with Gasteiger partial charge in [-0.2, -0.15) is 0 Å². The summed E-state index contributed by atoms with van der Waals surface area (Å²) in [6.07, 6.45) is 0. The van der Waals surface area contributed by atoms with E-state index in [-0.39, 0.29) is 16.2 Å². The lowest BCUT2D eigenvalue weighted by Crippen LogP contribution is -2.43. The van der Waals surface area contributed by atoms with Crippen LogP contribution in [0.4, 0.5) is 5.69 Å². The third kappa shape index (κ3) is 2.08. The van der Waals surface area contributed by atoms with Crippen LogP contribution in [-0.2, 0) is 14.6 Å². The Labute approximate surface area is 106 Å². The van der Waals surface area contributed by atoms with E-state index in [1.807, 2.05) is 0 Å². The Hall–Kier alpha value is -1.56. The van der Waals surface area contributed by atoms with Crippen LogP contribution < -0.4 is 5.32 Å². The van der Waals surface area contributed by atoms with Gasteiger partial charge in [0.05, 0.1) is 24.1 Å². The lowest BCUT2D eigenvalue weighted by molar-refractivity contribution is 0.0596. The molecule has 0 spiro atoms. The predicted molar refractivity (Wildman–Crippen MR) is 67.5 cm³/mol. The summed E-state index contributed by atoms with van der Waals surface area (Å²) in [5.74, 6) is -0.696. The van der Waals surface area contributed by atoms with Crippen LogP contribution >= 0.6 is 0 Å². The van der Waals surface area contributed by atoms with Gasteiger partial charge in [0.2, 0.25) is 0 Å². The van der Waals surface area contributed by atoms with Gasteiger partial charge in [0.25, 0.3) is 0 Å². The van der Waals surface area contributed by atoms with Crippen LogP contribution in [0.15, 0.2) is 23.1 Å². The monoisotopic (exact) mass is 269 g/mol. The maximum atomic E-state index is 12.3. The number of esters is 1. The largest absolute Gasteiger partial charge is 0.465 e. The van der Waals surface area contributed by atoms with Gasteiger partial charge in [-0.15, -0.1) is 0 Å². The van der Waals surface area contributed by atoms with E-state index in [0.717, 1.165) is 0 Å². The number of hydrogen-bond acceptors (Lipinski definition) is 5. The molecule has 1 aliphatic heterocycles. The topological polar surface area (TPSA) is 72.5 Å². The minimum Gasteiger partial charge on any atom is -0.465 e. The number of benzene rings is 1. The van der Waals surface area contributed by atoms with Gasteiger partial charge in [0.15, 0.2) is 9.84 Å². The molecule has 0 saturated heterocycles. The molecule has 0 bridgehead atoms. The first-order valence-corrected chi connectivity index (χ1v) is 7.14. The van der Waals surface area contributed by atoms with Crippen LogP contribution in [0.2, 0.25) is 0 Å². The molecule has 5 nitrogen and oxygen atoms in total. The Bertz CT molecular complexity index is 605. The van der Waals surface area contributed by atoms with Crippen LogP contribution in [0.3, 0.4) is 0 Å². The molecule has 0 aliphatic carbocycles. The molecule has 0 atom stereocenters. The Morgan fingerprint density at radius 2 is 2.06 bits per heavy atom. The Morgan fingerprint density at radius 1 is 1.39 bits per heavy atom. The van der Waals surface area contributed by atoms with Crippen molar-refractivity contribution in [3.8, 4) is 0 Å². The highest BCUT2D eigenvalue weighted by Gasteiger charge is 2.38. The fourth-order valence-corrected chi connectivity index (χ4v) is 4.30. The Morgan fingerprint density at radius 3 is 2.67 bits per heavy atom. The summed E-state index contributed by atoms with van der Waals surface area (Å²) in [4.78, 5) is 11.7. The number of sulfone groups is 1. The van der Waals surface area contributed by atoms with Crippen molar-refractivity contribution in [2.24, 2.45) is 0 Å². The Balaban J connectivity index is 2.71. The molecule has 0 radical (unpaired) electrons. The molecule has 1 aliphatic rings. The van der Waals surface area contributed by atoms with Gasteiger partial charge in [-0.1, -0.05) is 6.07 Å². The number of fused-ring (bicyclic) bond motifs is 1. The van der Waals surface area contributed by atoms with Crippen molar-refractivity contribution in [1.82, 2.24) is 0 Å². The molecule has 1 heterocycles. The quantitative estimate of drug-likeness (QED) is 0.781. The summed E-state index contributed by atoms with van der Waals surface area (Å²) in [5, 5.41) is 3.12. The summed E-state index contributed by atoms with van der Waals surface area (Å²) in [5.41, 5.74) is -0.0206. The number of carbonyl (C=O) groups is 1. The SMILES string of the molecule is COC(=O)c1cccc2c1S(=O)(=O)CC(C)(C)N2. The molecule has 1 aromatic rings. The van der Waals surface area contributed by atoms with E-state index in [0.29, 0.717) is 5.69 Å². The van der Waals surface area contributed by atoms with Gasteiger partial charge in [-0.05, 0) is 26.0 Å². The fourth-order valence-electron chi connectivity index (χ4n) is 2.19. The highest BCUT2D eigenvalue weighted by molar-refractivity contribution is 7.91. The summed E-state index contributed by atoms with van der Waals surface area (Å²) in [6, 6.07) is 4.75. The smallest absolute Gasteiger partial charge is 0.339 e. The number of hydrogen-bond donors (Lipinski definition) is 1.